The summed E-state index contributed by atoms with van der Waals surface area (Å²) < 4.78 is 10.6. The Morgan fingerprint density at radius 2 is 1.95 bits per heavy atom. The van der Waals surface area contributed by atoms with Crippen LogP contribution in [0.5, 0.6) is 11.5 Å². The Morgan fingerprint density at radius 1 is 1.21 bits per heavy atom. The van der Waals surface area contributed by atoms with Crippen LogP contribution in [0.4, 0.5) is 0 Å². The molecule has 0 bridgehead atoms. The zero-order chi connectivity index (χ0) is 14.0. The molecule has 0 aliphatic carbocycles. The molecule has 4 nitrogen and oxygen atoms in total. The number of hydrogen-bond donors (Lipinski definition) is 1. The minimum atomic E-state index is -0.944. The van der Waals surface area contributed by atoms with Gasteiger partial charge in [-0.25, -0.2) is 4.98 Å². The average molecular weight is 279 g/mol. The van der Waals surface area contributed by atoms with Gasteiger partial charge in [-0.1, -0.05) is 0 Å². The van der Waals surface area contributed by atoms with Crippen molar-refractivity contribution in [3.63, 3.8) is 0 Å². The Morgan fingerprint density at radius 3 is 2.47 bits per heavy atom. The molecule has 1 aromatic heterocycles. The number of thiazole rings is 1. The Balaban J connectivity index is 2.48. The van der Waals surface area contributed by atoms with Crippen LogP contribution in [0.2, 0.25) is 0 Å². The normalized spacial score (nSPS) is 11.4. The average Bonchev–Trinajstić information content (AvgIpc) is 2.87. The van der Waals surface area contributed by atoms with E-state index < -0.39 is 5.60 Å². The summed E-state index contributed by atoms with van der Waals surface area (Å²) in [4.78, 5) is 4.47. The second-order valence-corrected chi connectivity index (χ2v) is 5.52. The van der Waals surface area contributed by atoms with Crippen LogP contribution in [0.1, 0.15) is 19.5 Å². The lowest BCUT2D eigenvalue weighted by Gasteiger charge is -2.13. The number of benzene rings is 1. The Kier molecular flexibility index (Phi) is 3.78. The number of ether oxygens (including phenoxy) is 2. The van der Waals surface area contributed by atoms with E-state index >= 15 is 0 Å². The molecular formula is C14H17NO3S. The molecule has 102 valence electrons. The molecule has 0 saturated heterocycles. The number of aromatic nitrogens is 1. The summed E-state index contributed by atoms with van der Waals surface area (Å²) in [5.74, 6) is 1.48. The van der Waals surface area contributed by atoms with E-state index in [1.807, 2.05) is 23.6 Å². The Bertz CT molecular complexity index is 572. The van der Waals surface area contributed by atoms with E-state index in [-0.39, 0.29) is 0 Å². The number of methoxy groups -OCH3 is 2. The fraction of sp³-hybridized carbons (Fsp3) is 0.357. The molecule has 0 aliphatic rings. The summed E-state index contributed by atoms with van der Waals surface area (Å²) in [5.41, 5.74) is 0.570. The van der Waals surface area contributed by atoms with Gasteiger partial charge < -0.3 is 14.6 Å². The third-order valence-corrected chi connectivity index (χ3v) is 3.64. The first-order valence-corrected chi connectivity index (χ1v) is 6.74. The van der Waals surface area contributed by atoms with Gasteiger partial charge in [0, 0.05) is 5.38 Å². The van der Waals surface area contributed by atoms with Crippen molar-refractivity contribution in [3.05, 3.63) is 29.3 Å². The third kappa shape index (κ3) is 2.88. The quantitative estimate of drug-likeness (QED) is 0.934. The molecule has 0 fully saturated rings. The van der Waals surface area contributed by atoms with Crippen LogP contribution in [0.3, 0.4) is 0 Å². The number of hydrogen-bond acceptors (Lipinski definition) is 5. The molecule has 1 aromatic carbocycles. The maximum Gasteiger partial charge on any atom is 0.129 e. The molecule has 0 unspecified atom stereocenters. The zero-order valence-corrected chi connectivity index (χ0v) is 12.2. The first-order valence-electron chi connectivity index (χ1n) is 5.86. The molecule has 0 radical (unpaired) electrons. The van der Waals surface area contributed by atoms with Crippen molar-refractivity contribution in [2.75, 3.05) is 14.2 Å². The SMILES string of the molecule is COc1ccc(OC)c(-c2nc(C(C)(C)O)cs2)c1. The van der Waals surface area contributed by atoms with Gasteiger partial charge in [0.15, 0.2) is 0 Å². The molecule has 1 heterocycles. The first-order chi connectivity index (χ1) is 8.95. The molecule has 5 heteroatoms. The first kappa shape index (κ1) is 13.8. The highest BCUT2D eigenvalue weighted by Crippen LogP contribution is 2.36. The summed E-state index contributed by atoms with van der Waals surface area (Å²) in [6.07, 6.45) is 0. The van der Waals surface area contributed by atoms with Gasteiger partial charge in [-0.05, 0) is 32.0 Å². The molecule has 0 amide bonds. The van der Waals surface area contributed by atoms with E-state index in [0.717, 1.165) is 22.1 Å². The van der Waals surface area contributed by atoms with Crippen molar-refractivity contribution in [1.82, 2.24) is 4.98 Å². The molecule has 2 rings (SSSR count). The van der Waals surface area contributed by atoms with E-state index in [0.29, 0.717) is 5.69 Å². The topological polar surface area (TPSA) is 51.6 Å². The fourth-order valence-electron chi connectivity index (χ4n) is 1.66. The molecule has 0 aliphatic heterocycles. The van der Waals surface area contributed by atoms with E-state index in [9.17, 15) is 5.11 Å². The Hall–Kier alpha value is -1.59. The van der Waals surface area contributed by atoms with E-state index in [1.54, 1.807) is 28.1 Å². The van der Waals surface area contributed by atoms with Crippen LogP contribution >= 0.6 is 11.3 Å². The second-order valence-electron chi connectivity index (χ2n) is 4.66. The van der Waals surface area contributed by atoms with Crippen molar-refractivity contribution in [1.29, 1.82) is 0 Å². The van der Waals surface area contributed by atoms with Gasteiger partial charge in [-0.3, -0.25) is 0 Å². The summed E-state index contributed by atoms with van der Waals surface area (Å²) in [7, 11) is 3.24. The number of rotatable bonds is 4. The third-order valence-electron chi connectivity index (χ3n) is 2.77. The molecule has 0 spiro atoms. The standard InChI is InChI=1S/C14H17NO3S/c1-14(2,16)12-8-19-13(15-12)10-7-9(17-3)5-6-11(10)18-4/h5-8,16H,1-4H3. The second kappa shape index (κ2) is 5.19. The highest BCUT2D eigenvalue weighted by Gasteiger charge is 2.21. The minimum Gasteiger partial charge on any atom is -0.497 e. The number of aliphatic hydroxyl groups is 1. The van der Waals surface area contributed by atoms with Crippen LogP contribution in [0, 0.1) is 0 Å². The molecular weight excluding hydrogens is 262 g/mol. The van der Waals surface area contributed by atoms with Crippen molar-refractivity contribution in [2.45, 2.75) is 19.4 Å². The monoisotopic (exact) mass is 279 g/mol. The number of nitrogens with zero attached hydrogens (tertiary/aromatic N) is 1. The molecule has 19 heavy (non-hydrogen) atoms. The van der Waals surface area contributed by atoms with Crippen LogP contribution in [-0.2, 0) is 5.60 Å². The van der Waals surface area contributed by atoms with Crippen LogP contribution in [-0.4, -0.2) is 24.3 Å². The lowest BCUT2D eigenvalue weighted by Crippen LogP contribution is -2.15. The zero-order valence-electron chi connectivity index (χ0n) is 11.4. The highest BCUT2D eigenvalue weighted by atomic mass is 32.1. The lowest BCUT2D eigenvalue weighted by molar-refractivity contribution is 0.0746. The fourth-order valence-corrected chi connectivity index (χ4v) is 2.66. The molecule has 2 aromatic rings. The minimum absolute atomic E-state index is 0.650. The van der Waals surface area contributed by atoms with Gasteiger partial charge in [0.1, 0.15) is 22.1 Å². The summed E-state index contributed by atoms with van der Waals surface area (Å²) in [6, 6.07) is 5.57. The van der Waals surface area contributed by atoms with Crippen molar-refractivity contribution < 1.29 is 14.6 Å². The van der Waals surface area contributed by atoms with Gasteiger partial charge >= 0.3 is 0 Å². The van der Waals surface area contributed by atoms with Crippen LogP contribution in [0.25, 0.3) is 10.6 Å². The summed E-state index contributed by atoms with van der Waals surface area (Å²) in [6.45, 7) is 3.43. The van der Waals surface area contributed by atoms with Crippen LogP contribution < -0.4 is 9.47 Å². The van der Waals surface area contributed by atoms with Crippen molar-refractivity contribution in [2.24, 2.45) is 0 Å². The summed E-state index contributed by atoms with van der Waals surface area (Å²) >= 11 is 1.47. The maximum atomic E-state index is 9.96. The van der Waals surface area contributed by atoms with E-state index in [4.69, 9.17) is 9.47 Å². The summed E-state index contributed by atoms with van der Waals surface area (Å²) in [5, 5.41) is 12.6. The van der Waals surface area contributed by atoms with Gasteiger partial charge in [0.05, 0.1) is 25.5 Å². The maximum absolute atomic E-state index is 9.96. The van der Waals surface area contributed by atoms with Gasteiger partial charge in [-0.15, -0.1) is 11.3 Å². The van der Waals surface area contributed by atoms with Crippen molar-refractivity contribution >= 4 is 11.3 Å². The lowest BCUT2D eigenvalue weighted by atomic mass is 10.1. The van der Waals surface area contributed by atoms with E-state index in [2.05, 4.69) is 4.98 Å². The van der Waals surface area contributed by atoms with Gasteiger partial charge in [-0.2, -0.15) is 0 Å². The van der Waals surface area contributed by atoms with Gasteiger partial charge in [0.2, 0.25) is 0 Å². The van der Waals surface area contributed by atoms with Gasteiger partial charge in [0.25, 0.3) is 0 Å². The largest absolute Gasteiger partial charge is 0.497 e. The smallest absolute Gasteiger partial charge is 0.129 e. The van der Waals surface area contributed by atoms with Crippen molar-refractivity contribution in [3.8, 4) is 22.1 Å². The molecule has 0 saturated carbocycles. The Labute approximate surface area is 116 Å². The predicted octanol–water partition coefficient (Wildman–Crippen LogP) is 3.05. The molecule has 1 N–H and O–H groups in total. The predicted molar refractivity (Wildman–Crippen MR) is 75.9 cm³/mol. The molecule has 0 atom stereocenters. The van der Waals surface area contributed by atoms with Crippen LogP contribution in [0.15, 0.2) is 23.6 Å². The van der Waals surface area contributed by atoms with E-state index in [1.165, 1.54) is 11.3 Å². The highest BCUT2D eigenvalue weighted by molar-refractivity contribution is 7.13.